The van der Waals surface area contributed by atoms with E-state index < -0.39 is 5.91 Å². The van der Waals surface area contributed by atoms with Crippen LogP contribution in [0.3, 0.4) is 0 Å². The lowest BCUT2D eigenvalue weighted by molar-refractivity contribution is 0.100. The van der Waals surface area contributed by atoms with Crippen molar-refractivity contribution in [3.05, 3.63) is 42.0 Å². The van der Waals surface area contributed by atoms with Gasteiger partial charge >= 0.3 is 0 Å². The highest BCUT2D eigenvalue weighted by Crippen LogP contribution is 2.46. The van der Waals surface area contributed by atoms with Crippen LogP contribution < -0.4 is 16.8 Å². The predicted molar refractivity (Wildman–Crippen MR) is 109 cm³/mol. The Morgan fingerprint density at radius 1 is 1.25 bits per heavy atom. The summed E-state index contributed by atoms with van der Waals surface area (Å²) in [6.45, 7) is 8.40. The van der Waals surface area contributed by atoms with Gasteiger partial charge in [-0.15, -0.1) is 0 Å². The largest absolute Gasteiger partial charge is 0.379 e. The van der Waals surface area contributed by atoms with E-state index in [4.69, 9.17) is 11.5 Å². The highest BCUT2D eigenvalue weighted by molar-refractivity contribution is 6.02. The van der Waals surface area contributed by atoms with E-state index in [2.05, 4.69) is 36.3 Å². The molecule has 0 bridgehead atoms. The monoisotopic (exact) mass is 381 g/mol. The van der Waals surface area contributed by atoms with Crippen LogP contribution in [-0.2, 0) is 0 Å². The number of rotatable bonds is 4. The number of nitrogens with two attached hydrogens (primary N) is 2. The molecule has 0 aromatic carbocycles. The van der Waals surface area contributed by atoms with Crippen LogP contribution in [0.2, 0.25) is 0 Å². The van der Waals surface area contributed by atoms with Crippen molar-refractivity contribution in [3.8, 4) is 5.69 Å². The summed E-state index contributed by atoms with van der Waals surface area (Å²) in [5.74, 6) is -0.513. The summed E-state index contributed by atoms with van der Waals surface area (Å²) in [7, 11) is 0. The Labute approximate surface area is 163 Å². The zero-order chi connectivity index (χ0) is 20.3. The molecule has 1 aliphatic carbocycles. The summed E-state index contributed by atoms with van der Waals surface area (Å²) >= 11 is 0. The molecule has 1 aliphatic rings. The highest BCUT2D eigenvalue weighted by Gasteiger charge is 2.49. The van der Waals surface area contributed by atoms with Crippen molar-refractivity contribution < 1.29 is 4.79 Å². The maximum absolute atomic E-state index is 12.1. The molecular weight excluding hydrogens is 354 g/mol. The van der Waals surface area contributed by atoms with Crippen molar-refractivity contribution in [3.63, 3.8) is 0 Å². The van der Waals surface area contributed by atoms with Crippen LogP contribution in [0.5, 0.6) is 0 Å². The van der Waals surface area contributed by atoms with Gasteiger partial charge in [0, 0.05) is 23.2 Å². The Kier molecular flexibility index (Phi) is 4.01. The van der Waals surface area contributed by atoms with Gasteiger partial charge in [0.2, 0.25) is 0 Å². The first-order valence-corrected chi connectivity index (χ1v) is 9.48. The van der Waals surface area contributed by atoms with E-state index in [1.807, 2.05) is 25.4 Å². The molecular formula is C20H27N7O. The summed E-state index contributed by atoms with van der Waals surface area (Å²) in [5, 5.41) is 12.3. The Bertz CT molecular complexity index is 1060. The predicted octanol–water partition coefficient (Wildman–Crippen LogP) is 2.25. The number of primary amides is 1. The molecule has 3 heterocycles. The Morgan fingerprint density at radius 3 is 2.57 bits per heavy atom. The maximum Gasteiger partial charge on any atom is 0.252 e. The first kappa shape index (κ1) is 18.5. The quantitative estimate of drug-likeness (QED) is 0.641. The fraction of sp³-hybridized carbons (Fsp3) is 0.450. The van der Waals surface area contributed by atoms with Crippen LogP contribution in [-0.4, -0.2) is 36.9 Å². The zero-order valence-corrected chi connectivity index (χ0v) is 16.7. The van der Waals surface area contributed by atoms with Crippen molar-refractivity contribution >= 4 is 17.1 Å². The van der Waals surface area contributed by atoms with Gasteiger partial charge in [0.1, 0.15) is 0 Å². The van der Waals surface area contributed by atoms with Crippen LogP contribution in [0.4, 0.5) is 5.69 Å². The van der Waals surface area contributed by atoms with Crippen LogP contribution in [0, 0.1) is 12.3 Å². The number of anilines is 1. The summed E-state index contributed by atoms with van der Waals surface area (Å²) in [6.07, 6.45) is 8.95. The summed E-state index contributed by atoms with van der Waals surface area (Å²) in [4.78, 5) is 12.1. The molecule has 28 heavy (non-hydrogen) atoms. The van der Waals surface area contributed by atoms with Crippen molar-refractivity contribution in [2.45, 2.75) is 52.1 Å². The third-order valence-corrected chi connectivity index (χ3v) is 6.48. The van der Waals surface area contributed by atoms with Gasteiger partial charge in [-0.05, 0) is 38.3 Å². The number of fused-ring (bicyclic) bond motifs is 1. The molecule has 0 unspecified atom stereocenters. The average molecular weight is 381 g/mol. The van der Waals surface area contributed by atoms with Crippen LogP contribution in [0.1, 0.15) is 49.5 Å². The van der Waals surface area contributed by atoms with E-state index in [9.17, 15) is 4.79 Å². The number of nitrogens with zero attached hydrogens (tertiary/aromatic N) is 4. The van der Waals surface area contributed by atoms with Gasteiger partial charge in [-0.1, -0.05) is 13.8 Å². The first-order chi connectivity index (χ1) is 13.1. The SMILES string of the molecule is Cc1cnn(-c2cc3c(N[C@@H]4CC[C@](C)(N)C4(C)C)c(C(N)=O)cnn3c2)c1. The van der Waals surface area contributed by atoms with Crippen LogP contribution in [0.25, 0.3) is 11.2 Å². The molecule has 148 valence electrons. The molecule has 0 saturated heterocycles. The molecule has 3 aromatic rings. The van der Waals surface area contributed by atoms with E-state index in [1.54, 1.807) is 15.4 Å². The summed E-state index contributed by atoms with van der Waals surface area (Å²) in [5.41, 5.74) is 15.5. The minimum atomic E-state index is -0.513. The minimum absolute atomic E-state index is 0.108. The van der Waals surface area contributed by atoms with E-state index in [1.165, 1.54) is 6.20 Å². The van der Waals surface area contributed by atoms with E-state index in [0.717, 1.165) is 29.6 Å². The molecule has 1 saturated carbocycles. The molecule has 0 spiro atoms. The highest BCUT2D eigenvalue weighted by atomic mass is 16.1. The van der Waals surface area contributed by atoms with Crippen molar-refractivity contribution in [2.24, 2.45) is 16.9 Å². The number of hydrogen-bond acceptors (Lipinski definition) is 5. The van der Waals surface area contributed by atoms with Gasteiger partial charge in [-0.3, -0.25) is 4.79 Å². The number of carbonyl (C=O) groups is 1. The third kappa shape index (κ3) is 2.75. The Balaban J connectivity index is 1.82. The molecule has 4 rings (SSSR count). The van der Waals surface area contributed by atoms with Gasteiger partial charge in [0.15, 0.2) is 0 Å². The second kappa shape index (κ2) is 6.07. The van der Waals surface area contributed by atoms with Crippen LogP contribution in [0.15, 0.2) is 30.9 Å². The second-order valence-electron chi connectivity index (χ2n) is 8.66. The molecule has 2 atom stereocenters. The molecule has 0 aliphatic heterocycles. The lowest BCUT2D eigenvalue weighted by atomic mass is 9.75. The lowest BCUT2D eigenvalue weighted by Crippen LogP contribution is -2.51. The van der Waals surface area contributed by atoms with E-state index in [-0.39, 0.29) is 17.0 Å². The fourth-order valence-corrected chi connectivity index (χ4v) is 4.01. The number of hydrogen-bond donors (Lipinski definition) is 3. The normalized spacial score (nSPS) is 24.0. The minimum Gasteiger partial charge on any atom is -0.379 e. The van der Waals surface area contributed by atoms with E-state index in [0.29, 0.717) is 11.3 Å². The van der Waals surface area contributed by atoms with Gasteiger partial charge in [0.25, 0.3) is 5.91 Å². The summed E-state index contributed by atoms with van der Waals surface area (Å²) in [6, 6.07) is 2.06. The number of nitrogens with one attached hydrogen (secondary N) is 1. The smallest absolute Gasteiger partial charge is 0.252 e. The molecule has 8 nitrogen and oxygen atoms in total. The van der Waals surface area contributed by atoms with Gasteiger partial charge < -0.3 is 16.8 Å². The van der Waals surface area contributed by atoms with Gasteiger partial charge in [0.05, 0.1) is 41.0 Å². The van der Waals surface area contributed by atoms with Gasteiger partial charge in [-0.2, -0.15) is 10.2 Å². The number of aryl methyl sites for hydroxylation is 1. The molecule has 5 N–H and O–H groups in total. The molecule has 8 heteroatoms. The Morgan fingerprint density at radius 2 is 2.00 bits per heavy atom. The lowest BCUT2D eigenvalue weighted by Gasteiger charge is -2.39. The van der Waals surface area contributed by atoms with Crippen LogP contribution >= 0.6 is 0 Å². The third-order valence-electron chi connectivity index (χ3n) is 6.48. The molecule has 0 radical (unpaired) electrons. The molecule has 3 aromatic heterocycles. The topological polar surface area (TPSA) is 116 Å². The summed E-state index contributed by atoms with van der Waals surface area (Å²) < 4.78 is 3.53. The molecule has 1 amide bonds. The number of carbonyl (C=O) groups excluding carboxylic acids is 1. The van der Waals surface area contributed by atoms with Gasteiger partial charge in [-0.25, -0.2) is 9.20 Å². The first-order valence-electron chi connectivity index (χ1n) is 9.48. The second-order valence-corrected chi connectivity index (χ2v) is 8.66. The Hall–Kier alpha value is -2.87. The maximum atomic E-state index is 12.1. The van der Waals surface area contributed by atoms with Crippen molar-refractivity contribution in [1.82, 2.24) is 19.4 Å². The number of amides is 1. The van der Waals surface area contributed by atoms with E-state index >= 15 is 0 Å². The van der Waals surface area contributed by atoms with Crippen molar-refractivity contribution in [1.29, 1.82) is 0 Å². The zero-order valence-electron chi connectivity index (χ0n) is 16.7. The average Bonchev–Trinajstić information content (AvgIpc) is 3.27. The standard InChI is InChI=1S/C20H27N7O/c1-12-8-23-26(10-12)13-7-15-17(14(18(21)28)9-24-27(15)11-13)25-16-5-6-20(4,22)19(16,2)3/h7-11,16,25H,5-6,22H2,1-4H3,(H2,21,28)/t16-,20+/m1/s1. The van der Waals surface area contributed by atoms with Crippen molar-refractivity contribution in [2.75, 3.05) is 5.32 Å². The molecule has 1 fully saturated rings. The number of aromatic nitrogens is 4. The fourth-order valence-electron chi connectivity index (χ4n) is 4.01.